The molecule has 2 N–H and O–H groups in total. The van der Waals surface area contributed by atoms with E-state index in [-0.39, 0.29) is 0 Å². The SMILES string of the molecule is C/C=C\N(N)C=NC. The molecule has 0 aliphatic carbocycles. The van der Waals surface area contributed by atoms with E-state index >= 15 is 0 Å². The third-order valence-electron chi connectivity index (χ3n) is 0.570. The average Bonchev–Trinajstić information content (AvgIpc) is 1.68. The molecule has 0 saturated heterocycles. The van der Waals surface area contributed by atoms with E-state index in [0.29, 0.717) is 0 Å². The number of hydrogen-bond donors (Lipinski definition) is 1. The van der Waals surface area contributed by atoms with Crippen molar-refractivity contribution in [3.05, 3.63) is 12.3 Å². The third kappa shape index (κ3) is 3.36. The molecule has 0 aromatic rings. The van der Waals surface area contributed by atoms with Crippen LogP contribution in [0.2, 0.25) is 0 Å². The minimum absolute atomic E-state index is 1.39. The molecule has 0 aliphatic rings. The fraction of sp³-hybridized carbons (Fsp3) is 0.400. The highest BCUT2D eigenvalue weighted by Gasteiger charge is 1.75. The maximum atomic E-state index is 5.29. The molecule has 0 amide bonds. The van der Waals surface area contributed by atoms with Crippen molar-refractivity contribution >= 4 is 6.34 Å². The second kappa shape index (κ2) is 4.33. The standard InChI is InChI=1S/C5H11N3/c1-3-4-8(6)5-7-2/h3-5H,6H2,1-2H3/b4-3-,7-5?. The van der Waals surface area contributed by atoms with Crippen molar-refractivity contribution < 1.29 is 0 Å². The Morgan fingerprint density at radius 2 is 2.25 bits per heavy atom. The van der Waals surface area contributed by atoms with Gasteiger partial charge in [0.15, 0.2) is 0 Å². The summed E-state index contributed by atoms with van der Waals surface area (Å²) in [6.45, 7) is 1.89. The molecule has 0 aromatic heterocycles. The zero-order valence-electron chi connectivity index (χ0n) is 5.20. The molecule has 8 heavy (non-hydrogen) atoms. The minimum Gasteiger partial charge on any atom is -0.277 e. The number of rotatable bonds is 2. The van der Waals surface area contributed by atoms with Crippen LogP contribution in [0.1, 0.15) is 6.92 Å². The van der Waals surface area contributed by atoms with E-state index < -0.39 is 0 Å². The van der Waals surface area contributed by atoms with E-state index in [1.165, 1.54) is 11.3 Å². The van der Waals surface area contributed by atoms with E-state index in [2.05, 4.69) is 4.99 Å². The molecule has 0 fully saturated rings. The first-order valence-corrected chi connectivity index (χ1v) is 2.39. The van der Waals surface area contributed by atoms with Crippen molar-refractivity contribution in [2.75, 3.05) is 7.05 Å². The molecule has 3 nitrogen and oxygen atoms in total. The van der Waals surface area contributed by atoms with Crippen LogP contribution in [-0.2, 0) is 0 Å². The van der Waals surface area contributed by atoms with Crippen LogP contribution in [0.5, 0.6) is 0 Å². The van der Waals surface area contributed by atoms with Crippen LogP contribution < -0.4 is 5.84 Å². The van der Waals surface area contributed by atoms with Gasteiger partial charge in [0, 0.05) is 13.2 Å². The molecular formula is C5H11N3. The van der Waals surface area contributed by atoms with E-state index in [1.807, 2.05) is 13.0 Å². The lowest BCUT2D eigenvalue weighted by atomic mass is 10.7. The lowest BCUT2D eigenvalue weighted by molar-refractivity contribution is 0.613. The van der Waals surface area contributed by atoms with Crippen LogP contribution in [0.3, 0.4) is 0 Å². The van der Waals surface area contributed by atoms with Gasteiger partial charge in [0.05, 0.1) is 0 Å². The first-order chi connectivity index (χ1) is 3.81. The Labute approximate surface area is 49.5 Å². The van der Waals surface area contributed by atoms with Gasteiger partial charge < -0.3 is 0 Å². The first-order valence-electron chi connectivity index (χ1n) is 2.39. The van der Waals surface area contributed by atoms with Gasteiger partial charge in [0.25, 0.3) is 0 Å². The Hall–Kier alpha value is -0.830. The molecule has 46 valence electrons. The second-order valence-corrected chi connectivity index (χ2v) is 1.30. The lowest BCUT2D eigenvalue weighted by Crippen LogP contribution is -2.22. The van der Waals surface area contributed by atoms with Gasteiger partial charge in [0.2, 0.25) is 0 Å². The third-order valence-corrected chi connectivity index (χ3v) is 0.570. The van der Waals surface area contributed by atoms with E-state index in [0.717, 1.165) is 0 Å². The summed E-state index contributed by atoms with van der Waals surface area (Å²) in [5.41, 5.74) is 0. The van der Waals surface area contributed by atoms with Gasteiger partial charge in [-0.3, -0.25) is 10.0 Å². The van der Waals surface area contributed by atoms with Gasteiger partial charge in [0.1, 0.15) is 6.34 Å². The van der Waals surface area contributed by atoms with E-state index in [4.69, 9.17) is 5.84 Å². The highest BCUT2D eigenvalue weighted by Crippen LogP contribution is 1.71. The predicted molar refractivity (Wildman–Crippen MR) is 35.3 cm³/mol. The Kier molecular flexibility index (Phi) is 3.88. The van der Waals surface area contributed by atoms with Crippen molar-refractivity contribution in [2.45, 2.75) is 6.92 Å². The molecule has 0 heterocycles. The second-order valence-electron chi connectivity index (χ2n) is 1.30. The minimum atomic E-state index is 1.39. The zero-order valence-corrected chi connectivity index (χ0v) is 5.20. The van der Waals surface area contributed by atoms with Crippen LogP contribution in [0.15, 0.2) is 17.3 Å². The van der Waals surface area contributed by atoms with E-state index in [9.17, 15) is 0 Å². The fourth-order valence-electron chi connectivity index (χ4n) is 0.344. The highest BCUT2D eigenvalue weighted by atomic mass is 15.4. The number of hydrogen-bond acceptors (Lipinski definition) is 2. The van der Waals surface area contributed by atoms with Crippen molar-refractivity contribution in [3.63, 3.8) is 0 Å². The lowest BCUT2D eigenvalue weighted by Gasteiger charge is -2.01. The summed E-state index contributed by atoms with van der Waals surface area (Å²) in [6.07, 6.45) is 5.08. The van der Waals surface area contributed by atoms with Crippen LogP contribution in [0, 0.1) is 0 Å². The smallest absolute Gasteiger partial charge is 0.103 e. The average molecular weight is 113 g/mol. The molecule has 0 atom stereocenters. The molecule has 0 aromatic carbocycles. The zero-order chi connectivity index (χ0) is 6.41. The summed E-state index contributed by atoms with van der Waals surface area (Å²) in [7, 11) is 1.67. The van der Waals surface area contributed by atoms with Gasteiger partial charge >= 0.3 is 0 Å². The fourth-order valence-corrected chi connectivity index (χ4v) is 0.344. The maximum Gasteiger partial charge on any atom is 0.103 e. The number of nitrogens with two attached hydrogens (primary N) is 1. The summed E-state index contributed by atoms with van der Waals surface area (Å²) < 4.78 is 0. The van der Waals surface area contributed by atoms with Gasteiger partial charge in [-0.05, 0) is 6.92 Å². The van der Waals surface area contributed by atoms with Crippen LogP contribution in [-0.4, -0.2) is 18.4 Å². The van der Waals surface area contributed by atoms with E-state index in [1.54, 1.807) is 13.2 Å². The van der Waals surface area contributed by atoms with Crippen LogP contribution in [0.25, 0.3) is 0 Å². The van der Waals surface area contributed by atoms with Gasteiger partial charge in [-0.15, -0.1) is 0 Å². The Morgan fingerprint density at radius 1 is 1.62 bits per heavy atom. The molecule has 0 unspecified atom stereocenters. The summed E-state index contributed by atoms with van der Waals surface area (Å²) in [5.74, 6) is 5.29. The molecule has 0 rings (SSSR count). The molecule has 0 aliphatic heterocycles. The molecular weight excluding hydrogens is 102 g/mol. The first kappa shape index (κ1) is 7.17. The summed E-state index contributed by atoms with van der Waals surface area (Å²) >= 11 is 0. The summed E-state index contributed by atoms with van der Waals surface area (Å²) in [4.78, 5) is 3.68. The highest BCUT2D eigenvalue weighted by molar-refractivity contribution is 5.54. The molecule has 0 radical (unpaired) electrons. The van der Waals surface area contributed by atoms with Gasteiger partial charge in [-0.1, -0.05) is 6.08 Å². The normalized spacial score (nSPS) is 11.4. The largest absolute Gasteiger partial charge is 0.277 e. The molecule has 3 heteroatoms. The summed E-state index contributed by atoms with van der Waals surface area (Å²) in [6, 6.07) is 0. The van der Waals surface area contributed by atoms with Crippen LogP contribution >= 0.6 is 0 Å². The van der Waals surface area contributed by atoms with Crippen molar-refractivity contribution in [2.24, 2.45) is 10.8 Å². The topological polar surface area (TPSA) is 41.6 Å². The maximum absolute atomic E-state index is 5.29. The Bertz CT molecular complexity index is 83.8. The van der Waals surface area contributed by atoms with Crippen molar-refractivity contribution in [1.82, 2.24) is 5.01 Å². The Balaban J connectivity index is 3.47. The monoisotopic (exact) mass is 113 g/mol. The van der Waals surface area contributed by atoms with Gasteiger partial charge in [-0.2, -0.15) is 0 Å². The molecule has 0 spiro atoms. The van der Waals surface area contributed by atoms with Crippen LogP contribution in [0.4, 0.5) is 0 Å². The predicted octanol–water partition coefficient (Wildman–Crippen LogP) is 0.354. The quantitative estimate of drug-likeness (QED) is 0.243. The molecule has 0 saturated carbocycles. The Morgan fingerprint density at radius 3 is 2.62 bits per heavy atom. The number of allylic oxidation sites excluding steroid dienone is 1. The number of nitrogens with zero attached hydrogens (tertiary/aromatic N) is 2. The number of hydrazine groups is 1. The van der Waals surface area contributed by atoms with Crippen molar-refractivity contribution in [3.8, 4) is 0 Å². The van der Waals surface area contributed by atoms with Crippen molar-refractivity contribution in [1.29, 1.82) is 0 Å². The summed E-state index contributed by atoms with van der Waals surface area (Å²) in [5, 5.41) is 1.39. The number of aliphatic imine (C=N–C) groups is 1. The molecule has 0 bridgehead atoms. The van der Waals surface area contributed by atoms with Gasteiger partial charge in [-0.25, -0.2) is 5.84 Å².